The lowest BCUT2D eigenvalue weighted by Gasteiger charge is -2.27. The number of nitrogens with two attached hydrogens (primary N) is 1. The molecule has 2 N–H and O–H groups in total. The fourth-order valence-electron chi connectivity index (χ4n) is 1.73. The average Bonchev–Trinajstić information content (AvgIpc) is 2.32. The third-order valence-corrected chi connectivity index (χ3v) is 2.80. The second kappa shape index (κ2) is 5.81. The molecule has 1 rings (SSSR count). The van der Waals surface area contributed by atoms with E-state index in [9.17, 15) is 9.59 Å². The van der Waals surface area contributed by atoms with Crippen molar-refractivity contribution < 1.29 is 0 Å². The molecule has 18 heavy (non-hydrogen) atoms. The number of nitrogens with zero attached hydrogens (tertiary/aromatic N) is 4. The SMILES string of the molecule is CC(C)N(CCCN)c1nn(C)c(=O)n(C)c1=O. The normalized spacial score (nSPS) is 11.0. The van der Waals surface area contributed by atoms with Gasteiger partial charge in [0.25, 0.3) is 5.56 Å². The van der Waals surface area contributed by atoms with Crippen molar-refractivity contribution in [3.63, 3.8) is 0 Å². The molecule has 1 aromatic heterocycles. The van der Waals surface area contributed by atoms with Crippen LogP contribution in [0.2, 0.25) is 0 Å². The molecule has 0 unspecified atom stereocenters. The number of anilines is 1. The minimum Gasteiger partial charge on any atom is -0.348 e. The van der Waals surface area contributed by atoms with Crippen LogP contribution in [0.3, 0.4) is 0 Å². The van der Waals surface area contributed by atoms with Crippen LogP contribution < -0.4 is 21.9 Å². The van der Waals surface area contributed by atoms with Crippen molar-refractivity contribution in [3.05, 3.63) is 20.8 Å². The van der Waals surface area contributed by atoms with Gasteiger partial charge in [-0.2, -0.15) is 0 Å². The molecule has 102 valence electrons. The standard InChI is InChI=1S/C11H21N5O2/c1-8(2)16(7-5-6-12)9-10(17)14(3)11(18)15(4)13-9/h8H,5-7,12H2,1-4H3. The van der Waals surface area contributed by atoms with E-state index >= 15 is 0 Å². The van der Waals surface area contributed by atoms with E-state index in [1.54, 1.807) is 0 Å². The van der Waals surface area contributed by atoms with E-state index in [1.807, 2.05) is 18.7 Å². The van der Waals surface area contributed by atoms with Crippen molar-refractivity contribution >= 4 is 5.82 Å². The molecule has 1 heterocycles. The summed E-state index contributed by atoms with van der Waals surface area (Å²) >= 11 is 0. The Kier molecular flexibility index (Phi) is 4.66. The maximum atomic E-state index is 12.1. The van der Waals surface area contributed by atoms with Crippen LogP contribution in [0.5, 0.6) is 0 Å². The molecule has 0 atom stereocenters. The van der Waals surface area contributed by atoms with Crippen LogP contribution in [0.4, 0.5) is 5.82 Å². The number of hydrogen-bond donors (Lipinski definition) is 1. The Bertz CT molecular complexity index is 517. The van der Waals surface area contributed by atoms with Crippen LogP contribution in [-0.4, -0.2) is 33.5 Å². The summed E-state index contributed by atoms with van der Waals surface area (Å²) in [6.07, 6.45) is 0.770. The third-order valence-electron chi connectivity index (χ3n) is 2.80. The van der Waals surface area contributed by atoms with Gasteiger partial charge in [-0.05, 0) is 26.8 Å². The van der Waals surface area contributed by atoms with Crippen molar-refractivity contribution in [1.82, 2.24) is 14.3 Å². The van der Waals surface area contributed by atoms with E-state index in [0.29, 0.717) is 18.9 Å². The molecule has 0 aromatic carbocycles. The number of aromatic nitrogens is 3. The number of hydrogen-bond acceptors (Lipinski definition) is 5. The summed E-state index contributed by atoms with van der Waals surface area (Å²) < 4.78 is 2.24. The summed E-state index contributed by atoms with van der Waals surface area (Å²) in [4.78, 5) is 25.5. The summed E-state index contributed by atoms with van der Waals surface area (Å²) in [6, 6.07) is 0.120. The molecule has 0 aliphatic carbocycles. The van der Waals surface area contributed by atoms with E-state index < -0.39 is 5.69 Å². The minimum atomic E-state index is -0.425. The molecule has 0 radical (unpaired) electrons. The van der Waals surface area contributed by atoms with Crippen molar-refractivity contribution in [1.29, 1.82) is 0 Å². The van der Waals surface area contributed by atoms with Gasteiger partial charge in [-0.1, -0.05) is 0 Å². The molecule has 0 aliphatic rings. The quantitative estimate of drug-likeness (QED) is 0.732. The Hall–Kier alpha value is -1.63. The first kappa shape index (κ1) is 14.4. The summed E-state index contributed by atoms with van der Waals surface area (Å²) in [5.74, 6) is 0.294. The summed E-state index contributed by atoms with van der Waals surface area (Å²) in [5.41, 5.74) is 4.70. The second-order valence-electron chi connectivity index (χ2n) is 4.52. The first-order valence-corrected chi connectivity index (χ1v) is 6.01. The van der Waals surface area contributed by atoms with Crippen molar-refractivity contribution in [2.24, 2.45) is 19.8 Å². The second-order valence-corrected chi connectivity index (χ2v) is 4.52. The van der Waals surface area contributed by atoms with Crippen molar-refractivity contribution in [2.45, 2.75) is 26.3 Å². The predicted octanol–water partition coefficient (Wildman–Crippen LogP) is -0.957. The Balaban J connectivity index is 3.29. The zero-order valence-electron chi connectivity index (χ0n) is 11.4. The molecule has 0 spiro atoms. The molecule has 0 fully saturated rings. The lowest BCUT2D eigenvalue weighted by atomic mass is 10.3. The molecule has 7 heteroatoms. The van der Waals surface area contributed by atoms with Crippen LogP contribution >= 0.6 is 0 Å². The molecule has 1 aromatic rings. The Morgan fingerprint density at radius 1 is 1.33 bits per heavy atom. The van der Waals surface area contributed by atoms with Gasteiger partial charge in [0.05, 0.1) is 0 Å². The molecule has 0 amide bonds. The van der Waals surface area contributed by atoms with Crippen LogP contribution in [0.1, 0.15) is 20.3 Å². The van der Waals surface area contributed by atoms with Crippen molar-refractivity contribution in [3.8, 4) is 0 Å². The Morgan fingerprint density at radius 2 is 1.94 bits per heavy atom. The van der Waals surface area contributed by atoms with Gasteiger partial charge in [0.1, 0.15) is 0 Å². The molecule has 0 saturated heterocycles. The molecule has 0 bridgehead atoms. The van der Waals surface area contributed by atoms with Gasteiger partial charge in [0.2, 0.25) is 5.82 Å². The van der Waals surface area contributed by atoms with Crippen molar-refractivity contribution in [2.75, 3.05) is 18.0 Å². The van der Waals surface area contributed by atoms with Gasteiger partial charge in [0, 0.05) is 26.7 Å². The average molecular weight is 255 g/mol. The van der Waals surface area contributed by atoms with Crippen LogP contribution in [0.15, 0.2) is 9.59 Å². The highest BCUT2D eigenvalue weighted by Crippen LogP contribution is 2.07. The minimum absolute atomic E-state index is 0.120. The highest BCUT2D eigenvalue weighted by Gasteiger charge is 2.18. The van der Waals surface area contributed by atoms with E-state index in [1.165, 1.54) is 18.8 Å². The zero-order chi connectivity index (χ0) is 13.9. The topological polar surface area (TPSA) is 86.2 Å². The first-order valence-electron chi connectivity index (χ1n) is 6.01. The largest absolute Gasteiger partial charge is 0.348 e. The van der Waals surface area contributed by atoms with E-state index in [2.05, 4.69) is 5.10 Å². The fraction of sp³-hybridized carbons (Fsp3) is 0.727. The first-order chi connectivity index (χ1) is 8.40. The van der Waals surface area contributed by atoms with Gasteiger partial charge < -0.3 is 10.6 Å². The van der Waals surface area contributed by atoms with Gasteiger partial charge >= 0.3 is 5.69 Å². The van der Waals surface area contributed by atoms with E-state index in [0.717, 1.165) is 11.0 Å². The van der Waals surface area contributed by atoms with Crippen LogP contribution in [0.25, 0.3) is 0 Å². The zero-order valence-corrected chi connectivity index (χ0v) is 11.4. The number of rotatable bonds is 5. The molecule has 0 saturated carbocycles. The number of aryl methyl sites for hydroxylation is 1. The lowest BCUT2D eigenvalue weighted by Crippen LogP contribution is -2.45. The van der Waals surface area contributed by atoms with Gasteiger partial charge in [0.15, 0.2) is 0 Å². The Labute approximate surface area is 106 Å². The van der Waals surface area contributed by atoms with Crippen LogP contribution in [-0.2, 0) is 14.1 Å². The Morgan fingerprint density at radius 3 is 2.44 bits per heavy atom. The molecule has 0 aliphatic heterocycles. The van der Waals surface area contributed by atoms with E-state index in [4.69, 9.17) is 5.73 Å². The molecular weight excluding hydrogens is 234 g/mol. The predicted molar refractivity (Wildman–Crippen MR) is 70.9 cm³/mol. The molecular formula is C11H21N5O2. The van der Waals surface area contributed by atoms with Gasteiger partial charge in [-0.15, -0.1) is 5.10 Å². The van der Waals surface area contributed by atoms with Gasteiger partial charge in [-0.3, -0.25) is 9.36 Å². The summed E-state index contributed by atoms with van der Waals surface area (Å²) in [6.45, 7) is 5.15. The summed E-state index contributed by atoms with van der Waals surface area (Å²) in [7, 11) is 2.99. The van der Waals surface area contributed by atoms with E-state index in [-0.39, 0.29) is 11.6 Å². The summed E-state index contributed by atoms with van der Waals surface area (Å²) in [5, 5.41) is 4.06. The third kappa shape index (κ3) is 2.79. The maximum Gasteiger partial charge on any atom is 0.346 e. The maximum absolute atomic E-state index is 12.1. The monoisotopic (exact) mass is 255 g/mol. The fourth-order valence-corrected chi connectivity index (χ4v) is 1.73. The lowest BCUT2D eigenvalue weighted by molar-refractivity contribution is 0.566. The smallest absolute Gasteiger partial charge is 0.346 e. The van der Waals surface area contributed by atoms with Gasteiger partial charge in [-0.25, -0.2) is 9.48 Å². The highest BCUT2D eigenvalue weighted by molar-refractivity contribution is 5.35. The van der Waals surface area contributed by atoms with Crippen LogP contribution in [0, 0.1) is 0 Å². The molecule has 7 nitrogen and oxygen atoms in total. The highest BCUT2D eigenvalue weighted by atomic mass is 16.2.